The Hall–Kier alpha value is -0.760. The molecule has 28 heavy (non-hydrogen) atoms. The highest BCUT2D eigenvalue weighted by Crippen LogP contribution is 1.88. The highest BCUT2D eigenvalue weighted by atomic mass is 16.6. The van der Waals surface area contributed by atoms with Gasteiger partial charge in [-0.15, -0.1) is 6.42 Å². The number of hydrogen-bond acceptors (Lipinski definition) is 8. The Bertz CT molecular complexity index is 333. The molecule has 0 N–H and O–H groups in total. The van der Waals surface area contributed by atoms with Gasteiger partial charge in [0.25, 0.3) is 0 Å². The Morgan fingerprint density at radius 2 is 0.786 bits per heavy atom. The van der Waals surface area contributed by atoms with E-state index in [0.717, 1.165) is 0 Å². The van der Waals surface area contributed by atoms with E-state index in [4.69, 9.17) is 44.3 Å². The molecule has 0 bridgehead atoms. The molecule has 0 aromatic rings. The van der Waals surface area contributed by atoms with Gasteiger partial charge in [-0.05, 0) is 13.8 Å². The van der Waals surface area contributed by atoms with E-state index in [9.17, 15) is 0 Å². The topological polar surface area (TPSA) is 73.8 Å². The molecule has 0 aliphatic rings. The molecule has 0 rings (SSSR count). The maximum atomic E-state index is 5.41. The molecule has 0 saturated carbocycles. The van der Waals surface area contributed by atoms with Crippen molar-refractivity contribution in [3.8, 4) is 12.3 Å². The minimum atomic E-state index is 0.240. The zero-order valence-electron chi connectivity index (χ0n) is 17.5. The van der Waals surface area contributed by atoms with Crippen molar-refractivity contribution in [1.82, 2.24) is 0 Å². The summed E-state index contributed by atoms with van der Waals surface area (Å²) in [5.41, 5.74) is 0. The normalized spacial score (nSPS) is 11.2. The largest absolute Gasteiger partial charge is 0.377 e. The smallest absolute Gasteiger partial charge is 0.107 e. The second kappa shape index (κ2) is 24.3. The standard InChI is InChI=1S/C20H38O8/c1-4-5-21-6-7-22-8-9-23-10-11-24-12-13-25-14-15-26-16-17-27-18-19-28-20(2)3/h1,20H,5-19H2,2-3H3. The summed E-state index contributed by atoms with van der Waals surface area (Å²) in [6.45, 7) is 11.9. The zero-order valence-corrected chi connectivity index (χ0v) is 17.5. The van der Waals surface area contributed by atoms with Crippen LogP contribution in [0.15, 0.2) is 0 Å². The van der Waals surface area contributed by atoms with Crippen LogP contribution in [-0.2, 0) is 37.9 Å². The summed E-state index contributed by atoms with van der Waals surface area (Å²) in [6, 6.07) is 0. The van der Waals surface area contributed by atoms with E-state index >= 15 is 0 Å². The van der Waals surface area contributed by atoms with Crippen LogP contribution in [-0.4, -0.2) is 105 Å². The third kappa shape index (κ3) is 25.2. The third-order valence-corrected chi connectivity index (χ3v) is 3.10. The number of ether oxygens (including phenoxy) is 8. The van der Waals surface area contributed by atoms with E-state index in [1.165, 1.54) is 0 Å². The lowest BCUT2D eigenvalue weighted by Crippen LogP contribution is -2.15. The fraction of sp³-hybridized carbons (Fsp3) is 0.900. The van der Waals surface area contributed by atoms with Crippen molar-refractivity contribution >= 4 is 0 Å². The van der Waals surface area contributed by atoms with E-state index in [1.54, 1.807) is 0 Å². The fourth-order valence-electron chi connectivity index (χ4n) is 1.79. The molecule has 0 amide bonds. The summed E-state index contributed by atoms with van der Waals surface area (Å²) in [5.74, 6) is 2.39. The van der Waals surface area contributed by atoms with Gasteiger partial charge in [0, 0.05) is 0 Å². The van der Waals surface area contributed by atoms with Gasteiger partial charge >= 0.3 is 0 Å². The maximum Gasteiger partial charge on any atom is 0.107 e. The maximum absolute atomic E-state index is 5.41. The second-order valence-electron chi connectivity index (χ2n) is 5.85. The number of hydrogen-bond donors (Lipinski definition) is 0. The van der Waals surface area contributed by atoms with Crippen LogP contribution < -0.4 is 0 Å². The number of terminal acetylenes is 1. The molecule has 0 saturated heterocycles. The molecule has 0 aliphatic carbocycles. The second-order valence-corrected chi connectivity index (χ2v) is 5.85. The van der Waals surface area contributed by atoms with Crippen molar-refractivity contribution in [2.75, 3.05) is 99.1 Å². The summed E-state index contributed by atoms with van der Waals surface area (Å²) < 4.78 is 42.7. The first-order valence-corrected chi connectivity index (χ1v) is 9.86. The molecule has 0 aliphatic heterocycles. The molecule has 8 heteroatoms. The van der Waals surface area contributed by atoms with Crippen LogP contribution in [0.5, 0.6) is 0 Å². The third-order valence-electron chi connectivity index (χ3n) is 3.10. The van der Waals surface area contributed by atoms with Crippen LogP contribution in [0, 0.1) is 12.3 Å². The minimum absolute atomic E-state index is 0.240. The Morgan fingerprint density at radius 1 is 0.500 bits per heavy atom. The monoisotopic (exact) mass is 406 g/mol. The number of rotatable bonds is 23. The molecule has 0 heterocycles. The van der Waals surface area contributed by atoms with Gasteiger partial charge in [0.05, 0.1) is 98.6 Å². The van der Waals surface area contributed by atoms with Crippen LogP contribution in [0.25, 0.3) is 0 Å². The van der Waals surface area contributed by atoms with Gasteiger partial charge in [-0.2, -0.15) is 0 Å². The lowest BCUT2D eigenvalue weighted by Gasteiger charge is -2.09. The van der Waals surface area contributed by atoms with Crippen LogP contribution in [0.3, 0.4) is 0 Å². The molecule has 0 fully saturated rings. The van der Waals surface area contributed by atoms with E-state index in [-0.39, 0.29) is 6.10 Å². The van der Waals surface area contributed by atoms with Crippen LogP contribution in [0.4, 0.5) is 0 Å². The average Bonchev–Trinajstić information content (AvgIpc) is 2.68. The van der Waals surface area contributed by atoms with Crippen molar-refractivity contribution < 1.29 is 37.9 Å². The molecule has 8 nitrogen and oxygen atoms in total. The molecule has 0 unspecified atom stereocenters. The van der Waals surface area contributed by atoms with E-state index in [2.05, 4.69) is 5.92 Å². The first-order valence-electron chi connectivity index (χ1n) is 9.86. The molecular formula is C20H38O8. The molecule has 0 aromatic heterocycles. The van der Waals surface area contributed by atoms with E-state index in [0.29, 0.717) is 99.1 Å². The van der Waals surface area contributed by atoms with Crippen molar-refractivity contribution in [3.63, 3.8) is 0 Å². The van der Waals surface area contributed by atoms with Gasteiger partial charge in [-0.25, -0.2) is 0 Å². The Morgan fingerprint density at radius 3 is 1.07 bits per heavy atom. The minimum Gasteiger partial charge on any atom is -0.377 e. The van der Waals surface area contributed by atoms with Crippen LogP contribution in [0.2, 0.25) is 0 Å². The van der Waals surface area contributed by atoms with Gasteiger partial charge in [0.15, 0.2) is 0 Å². The van der Waals surface area contributed by atoms with Gasteiger partial charge in [-0.1, -0.05) is 5.92 Å². The predicted molar refractivity (Wildman–Crippen MR) is 106 cm³/mol. The Balaban J connectivity index is 2.99. The van der Waals surface area contributed by atoms with Gasteiger partial charge in [0.2, 0.25) is 0 Å². The summed E-state index contributed by atoms with van der Waals surface area (Å²) in [4.78, 5) is 0. The summed E-state index contributed by atoms with van der Waals surface area (Å²) >= 11 is 0. The Kier molecular flexibility index (Phi) is 23.6. The van der Waals surface area contributed by atoms with Crippen LogP contribution in [0.1, 0.15) is 13.8 Å². The van der Waals surface area contributed by atoms with Crippen molar-refractivity contribution in [2.45, 2.75) is 20.0 Å². The lowest BCUT2D eigenvalue weighted by molar-refractivity contribution is -0.0251. The zero-order chi connectivity index (χ0) is 20.5. The first kappa shape index (κ1) is 27.2. The molecule has 0 atom stereocenters. The predicted octanol–water partition coefficient (Wildman–Crippen LogP) is 1.16. The lowest BCUT2D eigenvalue weighted by atomic mass is 10.5. The highest BCUT2D eigenvalue weighted by molar-refractivity contribution is 4.82. The fourth-order valence-corrected chi connectivity index (χ4v) is 1.79. The molecule has 0 spiro atoms. The molecule has 0 aromatic carbocycles. The van der Waals surface area contributed by atoms with Crippen molar-refractivity contribution in [3.05, 3.63) is 0 Å². The van der Waals surface area contributed by atoms with Gasteiger partial charge < -0.3 is 37.9 Å². The summed E-state index contributed by atoms with van der Waals surface area (Å²) in [6.07, 6.45) is 5.30. The van der Waals surface area contributed by atoms with E-state index in [1.807, 2.05) is 13.8 Å². The highest BCUT2D eigenvalue weighted by Gasteiger charge is 1.95. The van der Waals surface area contributed by atoms with Crippen LogP contribution >= 0.6 is 0 Å². The van der Waals surface area contributed by atoms with E-state index < -0.39 is 0 Å². The van der Waals surface area contributed by atoms with Crippen molar-refractivity contribution in [2.24, 2.45) is 0 Å². The average molecular weight is 407 g/mol. The summed E-state index contributed by atoms with van der Waals surface area (Å²) in [7, 11) is 0. The first-order chi connectivity index (χ1) is 13.8. The molecular weight excluding hydrogens is 368 g/mol. The quantitative estimate of drug-likeness (QED) is 0.185. The molecule has 0 radical (unpaired) electrons. The summed E-state index contributed by atoms with van der Waals surface area (Å²) in [5, 5.41) is 0. The Labute approximate surface area is 170 Å². The van der Waals surface area contributed by atoms with Gasteiger partial charge in [-0.3, -0.25) is 0 Å². The SMILES string of the molecule is C#CCOCCOCCOCCOCCOCCOCCOCCOC(C)C. The van der Waals surface area contributed by atoms with Gasteiger partial charge in [0.1, 0.15) is 6.61 Å². The van der Waals surface area contributed by atoms with Crippen molar-refractivity contribution in [1.29, 1.82) is 0 Å². The molecule has 166 valence electrons.